The molecule has 10 heteroatoms. The van der Waals surface area contributed by atoms with Gasteiger partial charge in [0.15, 0.2) is 0 Å². The molecule has 4 rings (SSSR count). The van der Waals surface area contributed by atoms with Gasteiger partial charge in [0.25, 0.3) is 0 Å². The van der Waals surface area contributed by atoms with Gasteiger partial charge in [0.1, 0.15) is 11.9 Å². The van der Waals surface area contributed by atoms with Crippen LogP contribution in [0.4, 0.5) is 24.7 Å². The summed E-state index contributed by atoms with van der Waals surface area (Å²) < 4.78 is 41.2. The maximum Gasteiger partial charge on any atom is 0.418 e. The lowest BCUT2D eigenvalue weighted by atomic mass is 10.1. The highest BCUT2D eigenvalue weighted by Crippen LogP contribution is 2.37. The molecule has 6 nitrogen and oxygen atoms in total. The lowest BCUT2D eigenvalue weighted by Crippen LogP contribution is -2.36. The van der Waals surface area contributed by atoms with Crippen LogP contribution in [0.3, 0.4) is 0 Å². The van der Waals surface area contributed by atoms with E-state index in [2.05, 4.69) is 15.7 Å². The van der Waals surface area contributed by atoms with E-state index in [1.165, 1.54) is 16.8 Å². The number of nitrogens with zero attached hydrogens (tertiary/aromatic N) is 2. The Morgan fingerprint density at radius 3 is 2.55 bits per heavy atom. The molecule has 0 fully saturated rings. The van der Waals surface area contributed by atoms with Gasteiger partial charge < -0.3 is 10.6 Å². The molecule has 0 saturated heterocycles. The molecule has 2 amide bonds. The number of para-hydroxylation sites is 1. The highest BCUT2D eigenvalue weighted by molar-refractivity contribution is 6.30. The fourth-order valence-electron chi connectivity index (χ4n) is 3.48. The molecule has 2 N–H and O–H groups in total. The van der Waals surface area contributed by atoms with Gasteiger partial charge in [-0.2, -0.15) is 18.3 Å². The number of nitrogens with one attached hydrogen (secondary N) is 2. The summed E-state index contributed by atoms with van der Waals surface area (Å²) >= 11 is 5.93. The molecule has 0 bridgehead atoms. The number of rotatable bonds is 3. The molecule has 0 radical (unpaired) electrons. The van der Waals surface area contributed by atoms with Crippen molar-refractivity contribution in [1.82, 2.24) is 9.78 Å². The van der Waals surface area contributed by atoms with Crippen LogP contribution in [0.15, 0.2) is 48.5 Å². The first-order valence-corrected chi connectivity index (χ1v) is 9.65. The Hall–Kier alpha value is -3.33. The molecule has 2 aromatic carbocycles. The smallest absolute Gasteiger partial charge is 0.324 e. The van der Waals surface area contributed by atoms with E-state index in [1.807, 2.05) is 0 Å². The number of benzene rings is 2. The average molecular weight is 449 g/mol. The zero-order valence-corrected chi connectivity index (χ0v) is 16.9. The van der Waals surface area contributed by atoms with Crippen LogP contribution in [-0.4, -0.2) is 21.6 Å². The first-order valence-electron chi connectivity index (χ1n) is 9.27. The number of fused-ring (bicyclic) bond motifs is 1. The standard InChI is InChI=1S/C21H16ClF3N4O2/c1-11-18(12-6-8-13(22)9-7-12)28-29-16(10-17(30)27-19(11)29)20(31)26-15-5-3-2-4-14(15)21(23,24)25/h2-9,16H,10H2,1H3,(H,26,31)(H,27,30)/t16-/m1/s1. The fraction of sp³-hybridized carbons (Fsp3) is 0.190. The third-order valence-corrected chi connectivity index (χ3v) is 5.24. The van der Waals surface area contributed by atoms with Crippen LogP contribution in [0.5, 0.6) is 0 Å². The number of hydrogen-bond acceptors (Lipinski definition) is 3. The molecule has 0 saturated carbocycles. The SMILES string of the molecule is Cc1c(-c2ccc(Cl)cc2)nn2c1NC(=O)C[C@@H]2C(=O)Nc1ccccc1C(F)(F)F. The number of alkyl halides is 3. The van der Waals surface area contributed by atoms with Crippen LogP contribution in [0.2, 0.25) is 5.02 Å². The predicted molar refractivity (Wildman–Crippen MR) is 110 cm³/mol. The minimum absolute atomic E-state index is 0.256. The zero-order chi connectivity index (χ0) is 22.3. The van der Waals surface area contributed by atoms with Gasteiger partial charge in [0, 0.05) is 16.1 Å². The Morgan fingerprint density at radius 2 is 1.87 bits per heavy atom. The summed E-state index contributed by atoms with van der Waals surface area (Å²) in [7, 11) is 0. The summed E-state index contributed by atoms with van der Waals surface area (Å²) in [5, 5.41) is 10.0. The van der Waals surface area contributed by atoms with E-state index < -0.39 is 29.6 Å². The summed E-state index contributed by atoms with van der Waals surface area (Å²) in [5.74, 6) is -0.870. The number of amides is 2. The van der Waals surface area contributed by atoms with Gasteiger partial charge in [-0.1, -0.05) is 35.9 Å². The normalized spacial score (nSPS) is 15.9. The first-order chi connectivity index (χ1) is 14.6. The third kappa shape index (κ3) is 4.00. The van der Waals surface area contributed by atoms with E-state index >= 15 is 0 Å². The molecular weight excluding hydrogens is 433 g/mol. The maximum absolute atomic E-state index is 13.3. The second-order valence-corrected chi connectivity index (χ2v) is 7.51. The van der Waals surface area contributed by atoms with Gasteiger partial charge in [-0.15, -0.1) is 0 Å². The average Bonchev–Trinajstić information content (AvgIpc) is 3.04. The molecule has 31 heavy (non-hydrogen) atoms. The van der Waals surface area contributed by atoms with Crippen molar-refractivity contribution in [3.8, 4) is 11.3 Å². The number of hydrogen-bond donors (Lipinski definition) is 2. The van der Waals surface area contributed by atoms with Gasteiger partial charge in [0.2, 0.25) is 11.8 Å². The third-order valence-electron chi connectivity index (χ3n) is 4.99. The van der Waals surface area contributed by atoms with E-state index in [9.17, 15) is 22.8 Å². The number of aromatic nitrogens is 2. The first kappa shape index (κ1) is 20.9. The van der Waals surface area contributed by atoms with Crippen molar-refractivity contribution >= 4 is 34.9 Å². The van der Waals surface area contributed by atoms with Gasteiger partial charge in [-0.25, -0.2) is 4.68 Å². The lowest BCUT2D eigenvalue weighted by Gasteiger charge is -2.24. The molecule has 1 aliphatic heterocycles. The minimum atomic E-state index is -4.64. The highest BCUT2D eigenvalue weighted by atomic mass is 35.5. The zero-order valence-electron chi connectivity index (χ0n) is 16.1. The van der Waals surface area contributed by atoms with Crippen LogP contribution < -0.4 is 10.6 Å². The van der Waals surface area contributed by atoms with Gasteiger partial charge >= 0.3 is 6.18 Å². The van der Waals surface area contributed by atoms with E-state index in [1.54, 1.807) is 31.2 Å². The van der Waals surface area contributed by atoms with Crippen LogP contribution in [0, 0.1) is 6.92 Å². The topological polar surface area (TPSA) is 76.0 Å². The monoisotopic (exact) mass is 448 g/mol. The quantitative estimate of drug-likeness (QED) is 0.588. The van der Waals surface area contributed by atoms with E-state index in [0.29, 0.717) is 22.1 Å². The summed E-state index contributed by atoms with van der Waals surface area (Å²) in [5.41, 5.74) is 0.530. The van der Waals surface area contributed by atoms with Crippen LogP contribution in [0.25, 0.3) is 11.3 Å². The van der Waals surface area contributed by atoms with Crippen LogP contribution in [0.1, 0.15) is 23.6 Å². The van der Waals surface area contributed by atoms with Crippen molar-refractivity contribution in [1.29, 1.82) is 0 Å². The van der Waals surface area contributed by atoms with Gasteiger partial charge in [-0.05, 0) is 31.2 Å². The number of carbonyl (C=O) groups excluding carboxylic acids is 2. The van der Waals surface area contributed by atoms with Crippen molar-refractivity contribution in [2.24, 2.45) is 0 Å². The second kappa shape index (κ2) is 7.73. The molecule has 1 atom stereocenters. The van der Waals surface area contributed by atoms with Crippen LogP contribution in [-0.2, 0) is 15.8 Å². The molecule has 3 aromatic rings. The molecule has 0 unspecified atom stereocenters. The molecule has 1 aromatic heterocycles. The van der Waals surface area contributed by atoms with E-state index in [4.69, 9.17) is 11.6 Å². The van der Waals surface area contributed by atoms with Crippen molar-refractivity contribution in [3.63, 3.8) is 0 Å². The molecule has 0 aliphatic carbocycles. The van der Waals surface area contributed by atoms with Gasteiger partial charge in [0.05, 0.1) is 23.4 Å². The molecule has 1 aliphatic rings. The lowest BCUT2D eigenvalue weighted by molar-refractivity contribution is -0.137. The van der Waals surface area contributed by atoms with Crippen molar-refractivity contribution in [2.45, 2.75) is 25.6 Å². The van der Waals surface area contributed by atoms with Gasteiger partial charge in [-0.3, -0.25) is 9.59 Å². The summed E-state index contributed by atoms with van der Waals surface area (Å²) in [6, 6.07) is 10.4. The molecule has 2 heterocycles. The highest BCUT2D eigenvalue weighted by Gasteiger charge is 2.37. The Morgan fingerprint density at radius 1 is 1.19 bits per heavy atom. The summed E-state index contributed by atoms with van der Waals surface area (Å²) in [4.78, 5) is 25.2. The van der Waals surface area contributed by atoms with E-state index in [-0.39, 0.29) is 12.1 Å². The Bertz CT molecular complexity index is 1170. The molecule has 160 valence electrons. The second-order valence-electron chi connectivity index (χ2n) is 7.07. The van der Waals surface area contributed by atoms with E-state index in [0.717, 1.165) is 17.7 Å². The number of carbonyl (C=O) groups is 2. The van der Waals surface area contributed by atoms with Crippen molar-refractivity contribution in [3.05, 3.63) is 64.7 Å². The summed E-state index contributed by atoms with van der Waals surface area (Å²) in [6.45, 7) is 1.74. The predicted octanol–water partition coefficient (Wildman–Crippen LogP) is 5.05. The molecular formula is C21H16ClF3N4O2. The minimum Gasteiger partial charge on any atom is -0.324 e. The van der Waals surface area contributed by atoms with Crippen molar-refractivity contribution in [2.75, 3.05) is 10.6 Å². The largest absolute Gasteiger partial charge is 0.418 e. The fourth-order valence-corrected chi connectivity index (χ4v) is 3.61. The Kier molecular flexibility index (Phi) is 5.22. The van der Waals surface area contributed by atoms with Crippen molar-refractivity contribution < 1.29 is 22.8 Å². The Labute approximate surface area is 180 Å². The van der Waals surface area contributed by atoms with Crippen LogP contribution >= 0.6 is 11.6 Å². The maximum atomic E-state index is 13.3. The molecule has 0 spiro atoms. The number of anilines is 2. The Balaban J connectivity index is 1.70. The summed E-state index contributed by atoms with van der Waals surface area (Å²) in [6.07, 6.45) is -4.89. The number of halogens is 4.